The Balaban J connectivity index is 1.54. The van der Waals surface area contributed by atoms with Crippen LogP contribution in [0.3, 0.4) is 0 Å². The summed E-state index contributed by atoms with van der Waals surface area (Å²) in [5.74, 6) is 1.49. The fourth-order valence-corrected chi connectivity index (χ4v) is 5.51. The average Bonchev–Trinajstić information content (AvgIpc) is 3.66. The van der Waals surface area contributed by atoms with E-state index in [-0.39, 0.29) is 17.0 Å². The molecule has 4 aromatic rings. The lowest BCUT2D eigenvalue weighted by atomic mass is 10.0. The Labute approximate surface area is 229 Å². The summed E-state index contributed by atoms with van der Waals surface area (Å²) in [6.07, 6.45) is 0. The monoisotopic (exact) mass is 541 g/mol. The van der Waals surface area contributed by atoms with Gasteiger partial charge in [0.05, 0.1) is 36.9 Å². The summed E-state index contributed by atoms with van der Waals surface area (Å²) in [4.78, 5) is 4.97. The summed E-state index contributed by atoms with van der Waals surface area (Å²) >= 11 is 0. The van der Waals surface area contributed by atoms with Gasteiger partial charge in [0.15, 0.2) is 0 Å². The Bertz CT molecular complexity index is 1540. The van der Waals surface area contributed by atoms with Crippen molar-refractivity contribution in [3.8, 4) is 11.5 Å². The van der Waals surface area contributed by atoms with Crippen molar-refractivity contribution in [2.45, 2.75) is 30.4 Å². The first-order chi connectivity index (χ1) is 18.9. The smallest absolute Gasteiger partial charge is 0.276 e. The Hall–Kier alpha value is -4.14. The van der Waals surface area contributed by atoms with Crippen molar-refractivity contribution in [3.05, 3.63) is 125 Å². The van der Waals surface area contributed by atoms with Crippen LogP contribution in [0.25, 0.3) is 0 Å². The first-order valence-corrected chi connectivity index (χ1v) is 14.1. The standard InChI is InChI=1S/C31H31N3O4S/c1-22-9-19-28(20-10-22)39(35,36)33-32-29(24-11-15-26(37-2)16-12-24)31-30(25-13-17-27(38-3)18-14-25)34(31)21-23-7-5-4-6-8-23/h4-20,30-31,33H,21H2,1-3H3/b32-29-/t30-,31+,34?/m0/s1. The van der Waals surface area contributed by atoms with Gasteiger partial charge in [0.2, 0.25) is 0 Å². The van der Waals surface area contributed by atoms with E-state index in [2.05, 4.69) is 27.0 Å². The Morgan fingerprint density at radius 2 is 1.41 bits per heavy atom. The summed E-state index contributed by atoms with van der Waals surface area (Å²) in [5, 5.41) is 4.55. The highest BCUT2D eigenvalue weighted by Gasteiger charge is 2.51. The number of ether oxygens (including phenoxy) is 2. The molecule has 7 nitrogen and oxygen atoms in total. The van der Waals surface area contributed by atoms with Gasteiger partial charge < -0.3 is 9.47 Å². The quantitative estimate of drug-likeness (QED) is 0.167. The number of aryl methyl sites for hydroxylation is 1. The summed E-state index contributed by atoms with van der Waals surface area (Å²) in [6.45, 7) is 2.60. The molecule has 5 rings (SSSR count). The van der Waals surface area contributed by atoms with E-state index in [0.29, 0.717) is 18.0 Å². The van der Waals surface area contributed by atoms with Crippen molar-refractivity contribution in [1.29, 1.82) is 0 Å². The molecule has 0 saturated carbocycles. The van der Waals surface area contributed by atoms with Crippen LogP contribution < -0.4 is 14.3 Å². The molecule has 4 aromatic carbocycles. The highest BCUT2D eigenvalue weighted by atomic mass is 32.2. The van der Waals surface area contributed by atoms with Gasteiger partial charge in [-0.15, -0.1) is 0 Å². The largest absolute Gasteiger partial charge is 0.497 e. The van der Waals surface area contributed by atoms with E-state index in [1.165, 1.54) is 0 Å². The number of sulfonamides is 1. The highest BCUT2D eigenvalue weighted by Crippen LogP contribution is 2.46. The minimum atomic E-state index is -3.86. The third-order valence-electron chi connectivity index (χ3n) is 6.87. The van der Waals surface area contributed by atoms with Gasteiger partial charge in [0, 0.05) is 6.54 Å². The third-order valence-corrected chi connectivity index (χ3v) is 8.10. The van der Waals surface area contributed by atoms with Gasteiger partial charge in [-0.05, 0) is 72.1 Å². The van der Waals surface area contributed by atoms with E-state index in [1.54, 1.807) is 38.5 Å². The average molecular weight is 542 g/mol. The van der Waals surface area contributed by atoms with Gasteiger partial charge in [0.1, 0.15) is 11.5 Å². The second-order valence-corrected chi connectivity index (χ2v) is 11.1. The third kappa shape index (κ3) is 5.97. The fraction of sp³-hybridized carbons (Fsp3) is 0.194. The van der Waals surface area contributed by atoms with E-state index >= 15 is 0 Å². The van der Waals surface area contributed by atoms with Crippen molar-refractivity contribution >= 4 is 15.7 Å². The molecule has 0 aliphatic carbocycles. The molecule has 8 heteroatoms. The van der Waals surface area contributed by atoms with Crippen LogP contribution in [0.4, 0.5) is 0 Å². The zero-order valence-corrected chi connectivity index (χ0v) is 22.9. The van der Waals surface area contributed by atoms with Gasteiger partial charge in [-0.2, -0.15) is 18.4 Å². The van der Waals surface area contributed by atoms with Gasteiger partial charge in [0.25, 0.3) is 10.0 Å². The lowest BCUT2D eigenvalue weighted by Gasteiger charge is -2.10. The molecule has 1 fully saturated rings. The first-order valence-electron chi connectivity index (χ1n) is 12.6. The summed E-state index contributed by atoms with van der Waals surface area (Å²) < 4.78 is 37.0. The number of hydrogen-bond donors (Lipinski definition) is 1. The van der Waals surface area contributed by atoms with Crippen LogP contribution >= 0.6 is 0 Å². The number of rotatable bonds is 10. The number of nitrogens with zero attached hydrogens (tertiary/aromatic N) is 2. The molecule has 1 heterocycles. The first kappa shape index (κ1) is 26.5. The molecular formula is C31H31N3O4S. The second kappa shape index (κ2) is 11.3. The van der Waals surface area contributed by atoms with Crippen LogP contribution in [-0.4, -0.2) is 39.3 Å². The number of hydrogen-bond acceptors (Lipinski definition) is 6. The van der Waals surface area contributed by atoms with Crippen LogP contribution in [-0.2, 0) is 16.6 Å². The normalized spacial score (nSPS) is 18.8. The summed E-state index contributed by atoms with van der Waals surface area (Å²) in [5.41, 5.74) is 4.67. The number of nitrogens with one attached hydrogen (secondary N) is 1. The van der Waals surface area contributed by atoms with Crippen LogP contribution in [0, 0.1) is 6.92 Å². The molecule has 0 radical (unpaired) electrons. The van der Waals surface area contributed by atoms with Gasteiger partial charge >= 0.3 is 0 Å². The number of hydrazone groups is 1. The zero-order chi connectivity index (χ0) is 27.4. The van der Waals surface area contributed by atoms with Crippen molar-refractivity contribution in [1.82, 2.24) is 9.73 Å². The molecule has 1 unspecified atom stereocenters. The molecule has 0 aromatic heterocycles. The number of methoxy groups -OCH3 is 2. The molecule has 1 aliphatic heterocycles. The van der Waals surface area contributed by atoms with Crippen LogP contribution in [0.15, 0.2) is 113 Å². The van der Waals surface area contributed by atoms with E-state index < -0.39 is 10.0 Å². The Morgan fingerprint density at radius 3 is 2.00 bits per heavy atom. The van der Waals surface area contributed by atoms with Gasteiger partial charge in [-0.3, -0.25) is 4.90 Å². The lowest BCUT2D eigenvalue weighted by molar-refractivity contribution is 0.414. The maximum Gasteiger partial charge on any atom is 0.276 e. The zero-order valence-electron chi connectivity index (χ0n) is 22.1. The van der Waals surface area contributed by atoms with Crippen LogP contribution in [0.1, 0.15) is 28.3 Å². The molecule has 200 valence electrons. The topological polar surface area (TPSA) is 80.0 Å². The van der Waals surface area contributed by atoms with Crippen molar-refractivity contribution < 1.29 is 17.9 Å². The minimum absolute atomic E-state index is 0.000780. The van der Waals surface area contributed by atoms with Crippen molar-refractivity contribution in [2.24, 2.45) is 5.10 Å². The summed E-state index contributed by atoms with van der Waals surface area (Å²) in [6, 6.07) is 32.2. The molecule has 3 atom stereocenters. The molecule has 1 N–H and O–H groups in total. The van der Waals surface area contributed by atoms with E-state index in [1.807, 2.05) is 73.7 Å². The Kier molecular flexibility index (Phi) is 7.67. The van der Waals surface area contributed by atoms with E-state index in [4.69, 9.17) is 9.47 Å². The van der Waals surface area contributed by atoms with Crippen LogP contribution in [0.5, 0.6) is 11.5 Å². The van der Waals surface area contributed by atoms with Gasteiger partial charge in [-0.25, -0.2) is 0 Å². The summed E-state index contributed by atoms with van der Waals surface area (Å²) in [7, 11) is -0.606. The maximum atomic E-state index is 13.2. The second-order valence-electron chi connectivity index (χ2n) is 9.45. The molecule has 0 spiro atoms. The molecule has 1 aliphatic rings. The SMILES string of the molecule is COc1ccc(/C(=N/NS(=O)(=O)c2ccc(C)cc2)[C@@H]2[C@H](c3ccc(OC)cc3)N2Cc2ccccc2)cc1. The Morgan fingerprint density at radius 1 is 0.821 bits per heavy atom. The fourth-order valence-electron chi connectivity index (χ4n) is 4.69. The number of benzene rings is 4. The minimum Gasteiger partial charge on any atom is -0.497 e. The van der Waals surface area contributed by atoms with Gasteiger partial charge in [-0.1, -0.05) is 60.2 Å². The highest BCUT2D eigenvalue weighted by molar-refractivity contribution is 7.89. The molecule has 39 heavy (non-hydrogen) atoms. The lowest BCUT2D eigenvalue weighted by Crippen LogP contribution is -2.24. The molecule has 1 saturated heterocycles. The van der Waals surface area contributed by atoms with Crippen molar-refractivity contribution in [3.63, 3.8) is 0 Å². The predicted molar refractivity (Wildman–Crippen MR) is 153 cm³/mol. The predicted octanol–water partition coefficient (Wildman–Crippen LogP) is 5.32. The molecule has 0 amide bonds. The van der Waals surface area contributed by atoms with Crippen molar-refractivity contribution in [2.75, 3.05) is 14.2 Å². The van der Waals surface area contributed by atoms with Crippen LogP contribution in [0.2, 0.25) is 0 Å². The molecular weight excluding hydrogens is 510 g/mol. The molecule has 0 bridgehead atoms. The maximum absolute atomic E-state index is 13.2. The van der Waals surface area contributed by atoms with E-state index in [9.17, 15) is 8.42 Å². The van der Waals surface area contributed by atoms with E-state index in [0.717, 1.165) is 28.0 Å².